The number of aryl methyl sites for hydroxylation is 2. The van der Waals surface area contributed by atoms with E-state index in [1.807, 2.05) is 6.07 Å². The number of carboxylic acid groups (broad SMARTS) is 1. The van der Waals surface area contributed by atoms with Gasteiger partial charge in [-0.05, 0) is 38.3 Å². The number of unbranched alkanes of at least 4 members (excludes halogenated alkanes) is 2. The molecule has 1 N–H and O–H groups in total. The number of halogens is 3. The molecule has 0 spiro atoms. The fourth-order valence-corrected chi connectivity index (χ4v) is 3.12. The maximum atomic E-state index is 13.6. The molecule has 0 radical (unpaired) electrons. The Bertz CT molecular complexity index is 1010. The van der Waals surface area contributed by atoms with Gasteiger partial charge in [0.25, 0.3) is 0 Å². The first-order valence-corrected chi connectivity index (χ1v) is 9.04. The molecule has 1 heterocycles. The van der Waals surface area contributed by atoms with E-state index in [0.717, 1.165) is 12.1 Å². The summed E-state index contributed by atoms with van der Waals surface area (Å²) in [5.74, 6) is -2.47. The molecule has 30 heavy (non-hydrogen) atoms. The van der Waals surface area contributed by atoms with Gasteiger partial charge in [-0.1, -0.05) is 18.2 Å². The number of carbonyl (C=O) groups is 2. The molecule has 2 rings (SSSR count). The molecule has 0 atom stereocenters. The van der Waals surface area contributed by atoms with Crippen LogP contribution in [0.4, 0.5) is 13.2 Å². The topological polar surface area (TPSA) is 100 Å². The molecule has 1 aromatic heterocycles. The van der Waals surface area contributed by atoms with E-state index in [1.165, 1.54) is 26.0 Å². The van der Waals surface area contributed by atoms with Crippen LogP contribution in [0.5, 0.6) is 0 Å². The van der Waals surface area contributed by atoms with Crippen LogP contribution in [0.25, 0.3) is 11.1 Å². The number of rotatable bonds is 7. The van der Waals surface area contributed by atoms with Gasteiger partial charge < -0.3 is 9.84 Å². The maximum absolute atomic E-state index is 13.6. The maximum Gasteiger partial charge on any atom is 0.417 e. The molecule has 0 aliphatic carbocycles. The van der Waals surface area contributed by atoms with Gasteiger partial charge in [0.05, 0.1) is 40.8 Å². The van der Waals surface area contributed by atoms with Crippen LogP contribution >= 0.6 is 0 Å². The summed E-state index contributed by atoms with van der Waals surface area (Å²) in [7, 11) is 0. The minimum atomic E-state index is -4.77. The molecule has 6 nitrogen and oxygen atoms in total. The number of benzene rings is 1. The van der Waals surface area contributed by atoms with Gasteiger partial charge in [0.2, 0.25) is 0 Å². The Balaban J connectivity index is 2.69. The van der Waals surface area contributed by atoms with Crippen LogP contribution in [-0.2, 0) is 10.9 Å². The third kappa shape index (κ3) is 4.95. The Hall–Kier alpha value is -3.41. The number of aromatic carboxylic acids is 1. The zero-order chi connectivity index (χ0) is 22.5. The lowest BCUT2D eigenvalue weighted by atomic mass is 9.89. The average Bonchev–Trinajstić information content (AvgIpc) is 2.66. The van der Waals surface area contributed by atoms with Gasteiger partial charge in [0.15, 0.2) is 0 Å². The average molecular weight is 420 g/mol. The van der Waals surface area contributed by atoms with E-state index in [1.54, 1.807) is 0 Å². The van der Waals surface area contributed by atoms with Crippen LogP contribution in [-0.4, -0.2) is 28.6 Å². The van der Waals surface area contributed by atoms with E-state index in [4.69, 9.17) is 10.00 Å². The van der Waals surface area contributed by atoms with Crippen molar-refractivity contribution in [1.82, 2.24) is 4.98 Å². The number of carbonyl (C=O) groups excluding carboxylic acids is 1. The van der Waals surface area contributed by atoms with E-state index in [2.05, 4.69) is 4.98 Å². The van der Waals surface area contributed by atoms with Crippen molar-refractivity contribution in [2.45, 2.75) is 39.3 Å². The number of esters is 1. The second kappa shape index (κ2) is 9.39. The first-order chi connectivity index (χ1) is 14.1. The predicted molar refractivity (Wildman–Crippen MR) is 101 cm³/mol. The fraction of sp³-hybridized carbons (Fsp3) is 0.333. The number of hydrogen-bond donors (Lipinski definition) is 1. The lowest BCUT2D eigenvalue weighted by Gasteiger charge is -2.19. The van der Waals surface area contributed by atoms with E-state index < -0.39 is 34.8 Å². The number of aromatic nitrogens is 1. The van der Waals surface area contributed by atoms with E-state index >= 15 is 0 Å². The van der Waals surface area contributed by atoms with Gasteiger partial charge in [0.1, 0.15) is 0 Å². The quantitative estimate of drug-likeness (QED) is 0.503. The Kier molecular flexibility index (Phi) is 7.16. The molecule has 9 heteroatoms. The molecule has 0 saturated carbocycles. The number of nitriles is 1. The summed E-state index contributed by atoms with van der Waals surface area (Å²) in [6, 6.07) is 6.41. The van der Waals surface area contributed by atoms with Crippen LogP contribution < -0.4 is 0 Å². The number of pyridine rings is 1. The SMILES string of the molecule is Cc1nc(C)c(C(=O)OCCCCC#N)c(-c2ccccc2C(F)(F)F)c1C(=O)O. The molecule has 0 aliphatic rings. The molecule has 0 saturated heterocycles. The van der Waals surface area contributed by atoms with E-state index in [0.29, 0.717) is 12.8 Å². The van der Waals surface area contributed by atoms with Crippen molar-refractivity contribution in [3.8, 4) is 17.2 Å². The first kappa shape index (κ1) is 22.9. The smallest absolute Gasteiger partial charge is 0.417 e. The van der Waals surface area contributed by atoms with Crippen LogP contribution in [0.3, 0.4) is 0 Å². The Labute approximate surface area is 170 Å². The first-order valence-electron chi connectivity index (χ1n) is 9.04. The largest absolute Gasteiger partial charge is 0.478 e. The zero-order valence-corrected chi connectivity index (χ0v) is 16.3. The molecule has 0 fully saturated rings. The summed E-state index contributed by atoms with van der Waals surface area (Å²) < 4.78 is 46.0. The summed E-state index contributed by atoms with van der Waals surface area (Å²) in [5, 5.41) is 18.2. The molecule has 0 aliphatic heterocycles. The summed E-state index contributed by atoms with van der Waals surface area (Å²) in [4.78, 5) is 28.7. The molecular weight excluding hydrogens is 401 g/mol. The number of hydrogen-bond acceptors (Lipinski definition) is 5. The van der Waals surface area contributed by atoms with Crippen molar-refractivity contribution in [2.24, 2.45) is 0 Å². The van der Waals surface area contributed by atoms with Gasteiger partial charge in [-0.2, -0.15) is 18.4 Å². The lowest BCUT2D eigenvalue weighted by molar-refractivity contribution is -0.137. The molecule has 0 unspecified atom stereocenters. The number of alkyl halides is 3. The fourth-order valence-electron chi connectivity index (χ4n) is 3.12. The summed E-state index contributed by atoms with van der Waals surface area (Å²) in [6.07, 6.45) is -3.62. The van der Waals surface area contributed by atoms with E-state index in [9.17, 15) is 27.9 Å². The standard InChI is InChI=1S/C21H19F3N2O4/c1-12-16(19(27)28)18(14-8-4-5-9-15(14)21(22,23)24)17(13(2)26-12)20(29)30-11-7-3-6-10-25/h4-5,8-9H,3,6-7,11H2,1-2H3,(H,27,28). The van der Waals surface area contributed by atoms with Gasteiger partial charge >= 0.3 is 18.1 Å². The minimum Gasteiger partial charge on any atom is -0.478 e. The minimum absolute atomic E-state index is 0.0162. The Morgan fingerprint density at radius 2 is 1.77 bits per heavy atom. The van der Waals surface area contributed by atoms with Crippen molar-refractivity contribution in [3.05, 3.63) is 52.3 Å². The van der Waals surface area contributed by atoms with Crippen molar-refractivity contribution >= 4 is 11.9 Å². The highest BCUT2D eigenvalue weighted by Crippen LogP contribution is 2.40. The summed E-state index contributed by atoms with van der Waals surface area (Å²) >= 11 is 0. The second-order valence-electron chi connectivity index (χ2n) is 6.51. The summed E-state index contributed by atoms with van der Waals surface area (Å²) in [6.45, 7) is 2.70. The Morgan fingerprint density at radius 1 is 1.13 bits per heavy atom. The predicted octanol–water partition coefficient (Wildman–Crippen LogP) is 4.93. The monoisotopic (exact) mass is 420 g/mol. The highest BCUT2D eigenvalue weighted by atomic mass is 19.4. The molecular formula is C21H19F3N2O4. The number of ether oxygens (including phenoxy) is 1. The molecule has 0 amide bonds. The van der Waals surface area contributed by atoms with Crippen molar-refractivity contribution in [1.29, 1.82) is 5.26 Å². The highest BCUT2D eigenvalue weighted by molar-refractivity contribution is 6.07. The number of carboxylic acids is 1. The van der Waals surface area contributed by atoms with Crippen molar-refractivity contribution < 1.29 is 32.6 Å². The van der Waals surface area contributed by atoms with Crippen LogP contribution in [0, 0.1) is 25.2 Å². The Morgan fingerprint density at radius 3 is 2.37 bits per heavy atom. The molecule has 0 bridgehead atoms. The van der Waals surface area contributed by atoms with Gasteiger partial charge in [0, 0.05) is 12.0 Å². The second-order valence-corrected chi connectivity index (χ2v) is 6.51. The van der Waals surface area contributed by atoms with Crippen molar-refractivity contribution in [2.75, 3.05) is 6.61 Å². The van der Waals surface area contributed by atoms with E-state index in [-0.39, 0.29) is 35.5 Å². The number of nitrogens with zero attached hydrogens (tertiary/aromatic N) is 2. The molecule has 158 valence electrons. The van der Waals surface area contributed by atoms with Crippen LogP contribution in [0.1, 0.15) is 56.9 Å². The van der Waals surface area contributed by atoms with Crippen molar-refractivity contribution in [3.63, 3.8) is 0 Å². The summed E-state index contributed by atoms with van der Waals surface area (Å²) in [5.41, 5.74) is -2.65. The van der Waals surface area contributed by atoms with Gasteiger partial charge in [-0.15, -0.1) is 0 Å². The third-order valence-electron chi connectivity index (χ3n) is 4.39. The molecule has 2 aromatic rings. The lowest BCUT2D eigenvalue weighted by Crippen LogP contribution is -2.18. The van der Waals surface area contributed by atoms with Crippen LogP contribution in [0.2, 0.25) is 0 Å². The van der Waals surface area contributed by atoms with Gasteiger partial charge in [-0.3, -0.25) is 4.98 Å². The third-order valence-corrected chi connectivity index (χ3v) is 4.39. The zero-order valence-electron chi connectivity index (χ0n) is 16.3. The highest BCUT2D eigenvalue weighted by Gasteiger charge is 2.36. The molecule has 1 aromatic carbocycles. The van der Waals surface area contributed by atoms with Crippen LogP contribution in [0.15, 0.2) is 24.3 Å². The normalized spacial score (nSPS) is 11.1. The van der Waals surface area contributed by atoms with Gasteiger partial charge in [-0.25, -0.2) is 9.59 Å².